The number of carbonyl (C=O) groups is 2. The lowest BCUT2D eigenvalue weighted by Crippen LogP contribution is -2.45. The summed E-state index contributed by atoms with van der Waals surface area (Å²) in [7, 11) is 0. The molecule has 2 saturated heterocycles. The molecule has 2 amide bonds. The maximum Gasteiger partial charge on any atom is 0.404 e. The standard InChI is InChI=1S/C18H24FN5O4/c19-8-13(9-22-18(26)27)12-28-15-10-20-17(21-11-15)23-6-3-14(4-7-23)24-5-1-2-16(24)25/h8,10-11,14,22H,1-7,9,12H2,(H,26,27)/b13-8+. The molecule has 1 aromatic heterocycles. The van der Waals surface area contributed by atoms with Crippen LogP contribution in [0.15, 0.2) is 24.3 Å². The van der Waals surface area contributed by atoms with Gasteiger partial charge in [-0.3, -0.25) is 4.79 Å². The Bertz CT molecular complexity index is 719. The van der Waals surface area contributed by atoms with Crippen LogP contribution in [0.25, 0.3) is 0 Å². The molecule has 1 aromatic rings. The number of likely N-dealkylation sites (tertiary alicyclic amines) is 1. The maximum atomic E-state index is 12.7. The van der Waals surface area contributed by atoms with Crippen molar-refractivity contribution < 1.29 is 23.8 Å². The van der Waals surface area contributed by atoms with Crippen LogP contribution in [0.3, 0.4) is 0 Å². The molecule has 2 aliphatic rings. The van der Waals surface area contributed by atoms with Crippen LogP contribution in [-0.4, -0.2) is 70.8 Å². The summed E-state index contributed by atoms with van der Waals surface area (Å²) in [5.74, 6) is 1.22. The third kappa shape index (κ3) is 5.08. The molecule has 2 fully saturated rings. The van der Waals surface area contributed by atoms with Gasteiger partial charge in [0.05, 0.1) is 18.7 Å². The minimum atomic E-state index is -1.23. The average molecular weight is 393 g/mol. The lowest BCUT2D eigenvalue weighted by atomic mass is 10.0. The third-order valence-electron chi connectivity index (χ3n) is 4.96. The topological polar surface area (TPSA) is 108 Å². The van der Waals surface area contributed by atoms with Crippen molar-refractivity contribution in [2.24, 2.45) is 0 Å². The monoisotopic (exact) mass is 393 g/mol. The smallest absolute Gasteiger partial charge is 0.404 e. The van der Waals surface area contributed by atoms with E-state index in [1.165, 1.54) is 12.4 Å². The van der Waals surface area contributed by atoms with Gasteiger partial charge in [0.2, 0.25) is 11.9 Å². The van der Waals surface area contributed by atoms with Gasteiger partial charge in [0.1, 0.15) is 6.61 Å². The van der Waals surface area contributed by atoms with Crippen molar-refractivity contribution in [3.05, 3.63) is 24.3 Å². The van der Waals surface area contributed by atoms with E-state index in [0.717, 1.165) is 38.9 Å². The molecule has 0 aromatic carbocycles. The summed E-state index contributed by atoms with van der Waals surface area (Å²) in [6.45, 7) is 2.17. The first-order valence-electron chi connectivity index (χ1n) is 9.31. The van der Waals surface area contributed by atoms with E-state index < -0.39 is 6.09 Å². The van der Waals surface area contributed by atoms with E-state index in [1.807, 2.05) is 4.90 Å². The molecular formula is C18H24FN5O4. The number of rotatable bonds is 7. The van der Waals surface area contributed by atoms with Crippen molar-refractivity contribution in [1.82, 2.24) is 20.2 Å². The van der Waals surface area contributed by atoms with Crippen molar-refractivity contribution in [3.8, 4) is 5.75 Å². The third-order valence-corrected chi connectivity index (χ3v) is 4.96. The summed E-state index contributed by atoms with van der Waals surface area (Å²) in [4.78, 5) is 35.0. The van der Waals surface area contributed by atoms with E-state index in [4.69, 9.17) is 9.84 Å². The van der Waals surface area contributed by atoms with E-state index >= 15 is 0 Å². The molecule has 0 aliphatic carbocycles. The van der Waals surface area contributed by atoms with Crippen molar-refractivity contribution in [2.45, 2.75) is 31.7 Å². The number of piperidine rings is 1. The largest absolute Gasteiger partial charge is 0.486 e. The van der Waals surface area contributed by atoms with Gasteiger partial charge >= 0.3 is 6.09 Å². The number of carboxylic acid groups (broad SMARTS) is 1. The van der Waals surface area contributed by atoms with Crippen molar-refractivity contribution in [1.29, 1.82) is 0 Å². The summed E-state index contributed by atoms with van der Waals surface area (Å²) < 4.78 is 18.1. The van der Waals surface area contributed by atoms with Gasteiger partial charge in [-0.1, -0.05) is 0 Å². The number of aromatic nitrogens is 2. The van der Waals surface area contributed by atoms with Crippen LogP contribution in [0.4, 0.5) is 15.1 Å². The predicted octanol–water partition coefficient (Wildman–Crippen LogP) is 1.57. The zero-order valence-electron chi connectivity index (χ0n) is 15.5. The number of amides is 2. The Hall–Kier alpha value is -2.91. The first kappa shape index (κ1) is 19.8. The number of hydrogen-bond donors (Lipinski definition) is 2. The Kier molecular flexibility index (Phi) is 6.62. The highest BCUT2D eigenvalue weighted by Gasteiger charge is 2.31. The molecule has 3 heterocycles. The molecule has 0 saturated carbocycles. The summed E-state index contributed by atoms with van der Waals surface area (Å²) in [6.07, 6.45) is 5.53. The second-order valence-electron chi connectivity index (χ2n) is 6.84. The SMILES string of the molecule is O=C(O)NC/C(=C\F)COc1cnc(N2CCC(N3CCCC3=O)CC2)nc1. The number of nitrogens with one attached hydrogen (secondary N) is 1. The number of anilines is 1. The van der Waals surface area contributed by atoms with Crippen LogP contribution >= 0.6 is 0 Å². The first-order valence-corrected chi connectivity index (χ1v) is 9.31. The number of hydrogen-bond acceptors (Lipinski definition) is 6. The molecule has 10 heteroatoms. The molecule has 2 N–H and O–H groups in total. The summed E-state index contributed by atoms with van der Waals surface area (Å²) in [6, 6.07) is 0.305. The minimum absolute atomic E-state index is 0.102. The van der Waals surface area contributed by atoms with E-state index in [1.54, 1.807) is 0 Å². The fourth-order valence-electron chi connectivity index (χ4n) is 3.47. The number of carbonyl (C=O) groups excluding carboxylic acids is 1. The fraction of sp³-hybridized carbons (Fsp3) is 0.556. The van der Waals surface area contributed by atoms with Gasteiger partial charge < -0.3 is 25.0 Å². The van der Waals surface area contributed by atoms with Crippen LogP contribution < -0.4 is 15.0 Å². The fourth-order valence-corrected chi connectivity index (χ4v) is 3.47. The van der Waals surface area contributed by atoms with Crippen LogP contribution in [0.1, 0.15) is 25.7 Å². The first-order chi connectivity index (χ1) is 13.6. The number of halogens is 1. The molecule has 2 aliphatic heterocycles. The van der Waals surface area contributed by atoms with Gasteiger partial charge in [-0.25, -0.2) is 19.2 Å². The van der Waals surface area contributed by atoms with E-state index in [0.29, 0.717) is 30.5 Å². The highest BCUT2D eigenvalue weighted by atomic mass is 19.1. The Morgan fingerprint density at radius 1 is 1.32 bits per heavy atom. The Morgan fingerprint density at radius 3 is 2.61 bits per heavy atom. The van der Waals surface area contributed by atoms with Crippen molar-refractivity contribution in [3.63, 3.8) is 0 Å². The molecule has 0 radical (unpaired) electrons. The molecule has 3 rings (SSSR count). The van der Waals surface area contributed by atoms with Gasteiger partial charge in [-0.15, -0.1) is 0 Å². The van der Waals surface area contributed by atoms with Crippen molar-refractivity contribution in [2.75, 3.05) is 37.7 Å². The van der Waals surface area contributed by atoms with Gasteiger partial charge in [0, 0.05) is 44.2 Å². The zero-order valence-corrected chi connectivity index (χ0v) is 15.5. The molecule has 0 atom stereocenters. The molecule has 0 unspecified atom stereocenters. The second kappa shape index (κ2) is 9.34. The van der Waals surface area contributed by atoms with Gasteiger partial charge in [0.15, 0.2) is 5.75 Å². The zero-order chi connectivity index (χ0) is 19.9. The minimum Gasteiger partial charge on any atom is -0.486 e. The highest BCUT2D eigenvalue weighted by Crippen LogP contribution is 2.24. The van der Waals surface area contributed by atoms with Gasteiger partial charge in [0.25, 0.3) is 0 Å². The summed E-state index contributed by atoms with van der Waals surface area (Å²) in [5.41, 5.74) is 0.157. The Morgan fingerprint density at radius 2 is 2.04 bits per heavy atom. The van der Waals surface area contributed by atoms with Gasteiger partial charge in [-0.05, 0) is 19.3 Å². The van der Waals surface area contributed by atoms with Crippen molar-refractivity contribution >= 4 is 17.9 Å². The summed E-state index contributed by atoms with van der Waals surface area (Å²) in [5, 5.41) is 10.6. The lowest BCUT2D eigenvalue weighted by molar-refractivity contribution is -0.130. The lowest BCUT2D eigenvalue weighted by Gasteiger charge is -2.36. The van der Waals surface area contributed by atoms with E-state index in [-0.39, 0.29) is 24.6 Å². The van der Waals surface area contributed by atoms with Gasteiger partial charge in [-0.2, -0.15) is 0 Å². The van der Waals surface area contributed by atoms with Crippen LogP contribution in [0.2, 0.25) is 0 Å². The van der Waals surface area contributed by atoms with Crippen LogP contribution in [0.5, 0.6) is 5.75 Å². The molecule has 28 heavy (non-hydrogen) atoms. The number of ether oxygens (including phenoxy) is 1. The molecule has 0 bridgehead atoms. The number of nitrogens with zero attached hydrogens (tertiary/aromatic N) is 4. The molecule has 9 nitrogen and oxygen atoms in total. The average Bonchev–Trinajstić information content (AvgIpc) is 3.14. The second-order valence-corrected chi connectivity index (χ2v) is 6.84. The molecule has 152 valence electrons. The van der Waals surface area contributed by atoms with Crippen LogP contribution in [0, 0.1) is 0 Å². The van der Waals surface area contributed by atoms with E-state index in [2.05, 4.69) is 20.2 Å². The quantitative estimate of drug-likeness (QED) is 0.724. The maximum absolute atomic E-state index is 12.7. The Labute approximate surface area is 162 Å². The summed E-state index contributed by atoms with van der Waals surface area (Å²) >= 11 is 0. The van der Waals surface area contributed by atoms with E-state index in [9.17, 15) is 14.0 Å². The predicted molar refractivity (Wildman–Crippen MR) is 98.9 cm³/mol. The van der Waals surface area contributed by atoms with Crippen LogP contribution in [-0.2, 0) is 4.79 Å². The normalized spacial score (nSPS) is 18.5. The molecule has 0 spiro atoms. The molecular weight excluding hydrogens is 369 g/mol. The highest BCUT2D eigenvalue weighted by molar-refractivity contribution is 5.78. The Balaban J connectivity index is 1.47.